The van der Waals surface area contributed by atoms with E-state index in [2.05, 4.69) is 0 Å². The van der Waals surface area contributed by atoms with E-state index in [0.29, 0.717) is 0 Å². The number of hydrogen-bond donors (Lipinski definition) is 1. The van der Waals surface area contributed by atoms with E-state index in [1.54, 1.807) is 0 Å². The molecule has 0 aromatic carbocycles. The molecule has 0 saturated carbocycles. The molecule has 5 heteroatoms. The molecule has 0 aromatic rings. The van der Waals surface area contributed by atoms with Crippen LogP contribution in [-0.4, -0.2) is 16.4 Å². The molecule has 0 unspecified atom stereocenters. The molecule has 0 saturated heterocycles. The van der Waals surface area contributed by atoms with E-state index in [0.717, 1.165) is 0 Å². The summed E-state index contributed by atoms with van der Waals surface area (Å²) in [6.45, 7) is 2.85. The largest absolute Gasteiger partial charge is 0.512 e. The van der Waals surface area contributed by atoms with Gasteiger partial charge in [0.2, 0.25) is 0 Å². The van der Waals surface area contributed by atoms with Gasteiger partial charge in [-0.1, -0.05) is 0 Å². The summed E-state index contributed by atoms with van der Waals surface area (Å²) in [7, 11) is 0. The average molecular weight is 241 g/mol. The van der Waals surface area contributed by atoms with E-state index >= 15 is 0 Å². The Balaban J connectivity index is -0.0000000600. The third-order valence-corrected chi connectivity index (χ3v) is 0.412. The van der Waals surface area contributed by atoms with Gasteiger partial charge in [-0.05, 0) is 13.8 Å². The maximum Gasteiger partial charge on any atom is 0.155 e. The van der Waals surface area contributed by atoms with Crippen LogP contribution in [0.2, 0.25) is 0 Å². The van der Waals surface area contributed by atoms with E-state index < -0.39 is 0 Å². The molecule has 0 rings (SSSR count). The Hall–Kier alpha value is 0.196. The molecule has 0 heterocycles. The van der Waals surface area contributed by atoms with Crippen molar-refractivity contribution in [2.24, 2.45) is 0 Å². The van der Waals surface area contributed by atoms with E-state index in [4.69, 9.17) is 5.11 Å². The standard InChI is InChI=1S/C5H8O2.Co.Cu.H2O/c1-4(6)3-5(2)7;;;/h3,6H,1-2H3;;;1H2/b4-3-;;;. The minimum Gasteiger partial charge on any atom is -0.512 e. The Morgan fingerprint density at radius 1 is 1.40 bits per heavy atom. The van der Waals surface area contributed by atoms with Crippen molar-refractivity contribution in [2.75, 3.05) is 0 Å². The van der Waals surface area contributed by atoms with Crippen LogP contribution < -0.4 is 0 Å². The molecule has 0 aliphatic carbocycles. The van der Waals surface area contributed by atoms with Crippen LogP contribution >= 0.6 is 0 Å². The Bertz CT molecular complexity index is 109. The minimum atomic E-state index is -0.125. The van der Waals surface area contributed by atoms with Crippen LogP contribution in [0.5, 0.6) is 0 Å². The Morgan fingerprint density at radius 3 is 1.70 bits per heavy atom. The van der Waals surface area contributed by atoms with Gasteiger partial charge in [-0.25, -0.2) is 0 Å². The van der Waals surface area contributed by atoms with E-state index in [1.807, 2.05) is 0 Å². The van der Waals surface area contributed by atoms with Crippen molar-refractivity contribution in [1.82, 2.24) is 0 Å². The molecule has 0 aliphatic rings. The van der Waals surface area contributed by atoms with E-state index in [-0.39, 0.29) is 50.9 Å². The fourth-order valence-corrected chi connectivity index (χ4v) is 0.294. The molecule has 0 spiro atoms. The molecule has 3 nitrogen and oxygen atoms in total. The zero-order valence-electron chi connectivity index (χ0n) is 5.57. The van der Waals surface area contributed by atoms with Gasteiger partial charge in [-0.3, -0.25) is 4.79 Å². The summed E-state index contributed by atoms with van der Waals surface area (Å²) in [5, 5.41) is 8.36. The number of ketones is 1. The summed E-state index contributed by atoms with van der Waals surface area (Å²) in [5.41, 5.74) is 0. The predicted molar refractivity (Wildman–Crippen MR) is 30.7 cm³/mol. The number of aliphatic hydroxyl groups excluding tert-OH is 1. The van der Waals surface area contributed by atoms with Gasteiger partial charge < -0.3 is 10.6 Å². The molecule has 0 aromatic heterocycles. The van der Waals surface area contributed by atoms with Gasteiger partial charge in [0.1, 0.15) is 0 Å². The molecule has 0 amide bonds. The van der Waals surface area contributed by atoms with Crippen LogP contribution in [0.15, 0.2) is 11.8 Å². The summed E-state index contributed by atoms with van der Waals surface area (Å²) < 4.78 is 0. The molecule has 0 bridgehead atoms. The number of rotatable bonds is 1. The number of carbonyl (C=O) groups excluding carboxylic acids is 1. The second-order valence-corrected chi connectivity index (χ2v) is 1.40. The maximum atomic E-state index is 10.0. The zero-order chi connectivity index (χ0) is 5.86. The van der Waals surface area contributed by atoms with E-state index in [1.165, 1.54) is 19.9 Å². The quantitative estimate of drug-likeness (QED) is 0.404. The van der Waals surface area contributed by atoms with Gasteiger partial charge in [0.15, 0.2) is 5.78 Å². The van der Waals surface area contributed by atoms with Crippen molar-refractivity contribution < 1.29 is 49.2 Å². The van der Waals surface area contributed by atoms with Crippen LogP contribution in [0.3, 0.4) is 0 Å². The first-order valence-corrected chi connectivity index (χ1v) is 2.01. The third kappa shape index (κ3) is 24.1. The summed E-state index contributed by atoms with van der Waals surface area (Å²) in [6, 6.07) is 0. The maximum absolute atomic E-state index is 10.0. The molecule has 0 atom stereocenters. The summed E-state index contributed by atoms with van der Waals surface area (Å²) >= 11 is 0. The second-order valence-electron chi connectivity index (χ2n) is 1.40. The molecule has 2 radical (unpaired) electrons. The van der Waals surface area contributed by atoms with Crippen molar-refractivity contribution in [2.45, 2.75) is 13.8 Å². The number of aliphatic hydroxyl groups is 1. The first-order chi connectivity index (χ1) is 3.13. The summed E-state index contributed by atoms with van der Waals surface area (Å²) in [6.07, 6.45) is 1.17. The Kier molecular flexibility index (Phi) is 26.8. The fourth-order valence-electron chi connectivity index (χ4n) is 0.294. The molecular weight excluding hydrogens is 231 g/mol. The normalized spacial score (nSPS) is 8.00. The van der Waals surface area contributed by atoms with Gasteiger partial charge in [0, 0.05) is 39.9 Å². The summed E-state index contributed by atoms with van der Waals surface area (Å²) in [4.78, 5) is 10.0. The average Bonchev–Trinajstić information content (AvgIpc) is 1.27. The third-order valence-electron chi connectivity index (χ3n) is 0.412. The monoisotopic (exact) mass is 240 g/mol. The summed E-state index contributed by atoms with van der Waals surface area (Å²) in [5.74, 6) is -0.0625. The van der Waals surface area contributed by atoms with Gasteiger partial charge in [-0.2, -0.15) is 0 Å². The molecule has 0 fully saturated rings. The number of hydrogen-bond acceptors (Lipinski definition) is 2. The minimum absolute atomic E-state index is 0. The topological polar surface area (TPSA) is 68.8 Å². The molecule has 3 N–H and O–H groups in total. The molecule has 10 heavy (non-hydrogen) atoms. The smallest absolute Gasteiger partial charge is 0.155 e. The second kappa shape index (κ2) is 11.9. The van der Waals surface area contributed by atoms with Crippen molar-refractivity contribution in [3.8, 4) is 0 Å². The van der Waals surface area contributed by atoms with E-state index in [9.17, 15) is 4.79 Å². The van der Waals surface area contributed by atoms with Crippen molar-refractivity contribution in [3.05, 3.63) is 11.8 Å². The predicted octanol–water partition coefficient (Wildman–Crippen LogP) is 0.207. The van der Waals surface area contributed by atoms with Crippen LogP contribution in [-0.2, 0) is 38.6 Å². The zero-order valence-corrected chi connectivity index (χ0v) is 7.55. The molecule has 68 valence electrons. The number of carbonyl (C=O) groups is 1. The Morgan fingerprint density at radius 2 is 1.70 bits per heavy atom. The molecule has 0 aliphatic heterocycles. The Labute approximate surface area is 80.9 Å². The van der Waals surface area contributed by atoms with Gasteiger partial charge in [0.25, 0.3) is 0 Å². The van der Waals surface area contributed by atoms with Gasteiger partial charge in [0.05, 0.1) is 5.76 Å². The van der Waals surface area contributed by atoms with Crippen molar-refractivity contribution >= 4 is 5.78 Å². The van der Waals surface area contributed by atoms with Crippen LogP contribution in [0.4, 0.5) is 0 Å². The fraction of sp³-hybridized carbons (Fsp3) is 0.400. The molecular formula is C5H10CoCuO3. The first kappa shape index (κ1) is 22.5. The van der Waals surface area contributed by atoms with Crippen molar-refractivity contribution in [3.63, 3.8) is 0 Å². The van der Waals surface area contributed by atoms with Crippen LogP contribution in [0, 0.1) is 0 Å². The number of allylic oxidation sites excluding steroid dienone is 2. The van der Waals surface area contributed by atoms with Crippen LogP contribution in [0.1, 0.15) is 13.8 Å². The van der Waals surface area contributed by atoms with Gasteiger partial charge in [-0.15, -0.1) is 0 Å². The van der Waals surface area contributed by atoms with Crippen LogP contribution in [0.25, 0.3) is 0 Å². The van der Waals surface area contributed by atoms with Crippen molar-refractivity contribution in [1.29, 1.82) is 0 Å². The van der Waals surface area contributed by atoms with Gasteiger partial charge >= 0.3 is 0 Å². The first-order valence-electron chi connectivity index (χ1n) is 2.01. The SMILES string of the molecule is CC(=O)/C=C(/C)O.O.[Co].[Cu].